The molecular weight excluding hydrogens is 334 g/mol. The van der Waals surface area contributed by atoms with Gasteiger partial charge in [0, 0.05) is 16.6 Å². The first-order valence-corrected chi connectivity index (χ1v) is 11.1. The number of hydrogen-bond acceptors (Lipinski definition) is 1. The van der Waals surface area contributed by atoms with Gasteiger partial charge in [-0.1, -0.05) is 90.0 Å². The van der Waals surface area contributed by atoms with Crippen LogP contribution in [0.4, 0.5) is 0 Å². The number of rotatable bonds is 15. The van der Waals surface area contributed by atoms with E-state index in [0.717, 1.165) is 23.0 Å². The second-order valence-electron chi connectivity index (χ2n) is 7.86. The van der Waals surface area contributed by atoms with E-state index in [9.17, 15) is 9.90 Å². The number of carboxylic acids is 1. The monoisotopic (exact) mass is 371 g/mol. The minimum atomic E-state index is -0.855. The van der Waals surface area contributed by atoms with Crippen molar-refractivity contribution in [2.24, 2.45) is 0 Å². The Morgan fingerprint density at radius 3 is 1.96 bits per heavy atom. The molecule has 0 saturated heterocycles. The first kappa shape index (κ1) is 21.5. The Labute approximate surface area is 164 Å². The lowest BCUT2D eigenvalue weighted by atomic mass is 10.0. The van der Waals surface area contributed by atoms with Crippen LogP contribution in [0.2, 0.25) is 0 Å². The summed E-state index contributed by atoms with van der Waals surface area (Å²) in [5, 5.41) is 10.1. The van der Waals surface area contributed by atoms with Gasteiger partial charge in [-0.3, -0.25) is 0 Å². The van der Waals surface area contributed by atoms with E-state index in [1.807, 2.05) is 12.1 Å². The first-order valence-electron chi connectivity index (χ1n) is 11.1. The molecule has 1 heterocycles. The van der Waals surface area contributed by atoms with Gasteiger partial charge in [0.15, 0.2) is 0 Å². The molecule has 0 saturated carbocycles. The summed E-state index contributed by atoms with van der Waals surface area (Å²) in [7, 11) is 0. The van der Waals surface area contributed by atoms with Gasteiger partial charge >= 0.3 is 5.97 Å². The van der Waals surface area contributed by atoms with Gasteiger partial charge in [-0.2, -0.15) is 0 Å². The number of hydrogen-bond donors (Lipinski definition) is 2. The fourth-order valence-corrected chi connectivity index (χ4v) is 3.87. The molecule has 2 N–H and O–H groups in total. The zero-order valence-corrected chi connectivity index (χ0v) is 17.1. The average Bonchev–Trinajstić information content (AvgIpc) is 3.08. The molecule has 150 valence electrons. The molecule has 0 aliphatic heterocycles. The maximum absolute atomic E-state index is 11.3. The third kappa shape index (κ3) is 7.78. The summed E-state index contributed by atoms with van der Waals surface area (Å²) >= 11 is 0. The molecule has 1 aromatic heterocycles. The first-order chi connectivity index (χ1) is 13.2. The number of H-pyrrole nitrogens is 1. The molecule has 0 amide bonds. The molecule has 0 bridgehead atoms. The van der Waals surface area contributed by atoms with Gasteiger partial charge in [-0.25, -0.2) is 4.79 Å². The van der Waals surface area contributed by atoms with Crippen molar-refractivity contribution in [3.63, 3.8) is 0 Å². The molecule has 3 nitrogen and oxygen atoms in total. The molecule has 0 aliphatic rings. The van der Waals surface area contributed by atoms with Crippen molar-refractivity contribution >= 4 is 16.9 Å². The molecule has 0 spiro atoms. The second-order valence-corrected chi connectivity index (χ2v) is 7.86. The summed E-state index contributed by atoms with van der Waals surface area (Å²) in [6.45, 7) is 2.27. The van der Waals surface area contributed by atoms with Crippen LogP contribution in [0.3, 0.4) is 0 Å². The van der Waals surface area contributed by atoms with E-state index in [1.165, 1.54) is 83.5 Å². The van der Waals surface area contributed by atoms with Crippen LogP contribution in [0.5, 0.6) is 0 Å². The van der Waals surface area contributed by atoms with E-state index in [1.54, 1.807) is 12.1 Å². The number of benzene rings is 1. The highest BCUT2D eigenvalue weighted by Gasteiger charge is 2.10. The largest absolute Gasteiger partial charge is 0.478 e. The van der Waals surface area contributed by atoms with E-state index < -0.39 is 5.97 Å². The van der Waals surface area contributed by atoms with Crippen molar-refractivity contribution < 1.29 is 9.90 Å². The van der Waals surface area contributed by atoms with Crippen molar-refractivity contribution in [3.05, 3.63) is 35.5 Å². The number of carbonyl (C=O) groups is 1. The number of fused-ring (bicyclic) bond motifs is 1. The minimum absolute atomic E-state index is 0.389. The Hall–Kier alpha value is -1.77. The van der Waals surface area contributed by atoms with Crippen LogP contribution < -0.4 is 0 Å². The van der Waals surface area contributed by atoms with Gasteiger partial charge in [0.05, 0.1) is 5.56 Å². The van der Waals surface area contributed by atoms with E-state index in [0.29, 0.717) is 5.56 Å². The standard InChI is InChI=1S/C24H37NO2/c1-2-3-4-5-6-7-8-9-10-11-12-13-14-16-20-19-22-21(24(26)27)17-15-18-23(22)25-20/h15,17-19,25H,2-14,16H2,1H3,(H,26,27). The maximum atomic E-state index is 11.3. The lowest BCUT2D eigenvalue weighted by molar-refractivity contribution is 0.0699. The summed E-state index contributed by atoms with van der Waals surface area (Å²) in [4.78, 5) is 14.7. The molecule has 0 aliphatic carbocycles. The SMILES string of the molecule is CCCCCCCCCCCCCCCc1cc2c(C(=O)O)cccc2[nH]1. The zero-order valence-electron chi connectivity index (χ0n) is 17.1. The van der Waals surface area contributed by atoms with Crippen molar-refractivity contribution in [3.8, 4) is 0 Å². The molecule has 0 atom stereocenters. The Morgan fingerprint density at radius 2 is 1.41 bits per heavy atom. The highest BCUT2D eigenvalue weighted by atomic mass is 16.4. The smallest absolute Gasteiger partial charge is 0.336 e. The predicted octanol–water partition coefficient (Wildman–Crippen LogP) is 7.50. The fraction of sp³-hybridized carbons (Fsp3) is 0.625. The van der Waals surface area contributed by atoms with Gasteiger partial charge in [0.2, 0.25) is 0 Å². The van der Waals surface area contributed by atoms with Crippen LogP contribution >= 0.6 is 0 Å². The normalized spacial score (nSPS) is 11.3. The summed E-state index contributed by atoms with van der Waals surface area (Å²) in [6, 6.07) is 7.44. The Morgan fingerprint density at radius 1 is 0.852 bits per heavy atom. The number of aryl methyl sites for hydroxylation is 1. The van der Waals surface area contributed by atoms with Crippen LogP contribution in [0.25, 0.3) is 10.9 Å². The van der Waals surface area contributed by atoms with Crippen LogP contribution in [-0.2, 0) is 6.42 Å². The Bertz CT molecular complexity index is 674. The quantitative estimate of drug-likeness (QED) is 0.318. The molecule has 27 heavy (non-hydrogen) atoms. The van der Waals surface area contributed by atoms with Crippen molar-refractivity contribution in [2.75, 3.05) is 0 Å². The highest BCUT2D eigenvalue weighted by Crippen LogP contribution is 2.21. The molecule has 0 radical (unpaired) electrons. The third-order valence-corrected chi connectivity index (χ3v) is 5.50. The number of nitrogens with one attached hydrogen (secondary N) is 1. The summed E-state index contributed by atoms with van der Waals surface area (Å²) in [5.74, 6) is -0.855. The van der Waals surface area contributed by atoms with Crippen molar-refractivity contribution in [1.29, 1.82) is 0 Å². The summed E-state index contributed by atoms with van der Waals surface area (Å²) in [6.07, 6.45) is 18.7. The summed E-state index contributed by atoms with van der Waals surface area (Å²) < 4.78 is 0. The fourth-order valence-electron chi connectivity index (χ4n) is 3.87. The lowest BCUT2D eigenvalue weighted by Crippen LogP contribution is -1.95. The highest BCUT2D eigenvalue weighted by molar-refractivity contribution is 6.03. The van der Waals surface area contributed by atoms with Gasteiger partial charge in [-0.15, -0.1) is 0 Å². The van der Waals surface area contributed by atoms with Crippen molar-refractivity contribution in [1.82, 2.24) is 4.98 Å². The second kappa shape index (κ2) is 12.6. The van der Waals surface area contributed by atoms with Crippen LogP contribution in [0.1, 0.15) is 106 Å². The van der Waals surface area contributed by atoms with Crippen LogP contribution in [0.15, 0.2) is 24.3 Å². The van der Waals surface area contributed by atoms with Gasteiger partial charge < -0.3 is 10.1 Å². The predicted molar refractivity (Wildman–Crippen MR) is 115 cm³/mol. The zero-order chi connectivity index (χ0) is 19.3. The molecule has 1 aromatic carbocycles. The topological polar surface area (TPSA) is 53.1 Å². The van der Waals surface area contributed by atoms with E-state index >= 15 is 0 Å². The molecule has 0 unspecified atom stereocenters. The summed E-state index contributed by atoms with van der Waals surface area (Å²) in [5.41, 5.74) is 2.47. The van der Waals surface area contributed by atoms with E-state index in [-0.39, 0.29) is 0 Å². The number of aromatic amines is 1. The molecular formula is C24H37NO2. The number of carboxylic acid groups (broad SMARTS) is 1. The van der Waals surface area contributed by atoms with E-state index in [2.05, 4.69) is 11.9 Å². The van der Waals surface area contributed by atoms with Crippen LogP contribution in [0, 0.1) is 0 Å². The number of aromatic carboxylic acids is 1. The van der Waals surface area contributed by atoms with Gasteiger partial charge in [0.1, 0.15) is 0 Å². The maximum Gasteiger partial charge on any atom is 0.336 e. The molecule has 2 aromatic rings. The number of unbranched alkanes of at least 4 members (excludes halogenated alkanes) is 12. The average molecular weight is 372 g/mol. The van der Waals surface area contributed by atoms with Gasteiger partial charge in [-0.05, 0) is 31.0 Å². The van der Waals surface area contributed by atoms with E-state index in [4.69, 9.17) is 0 Å². The van der Waals surface area contributed by atoms with Crippen LogP contribution in [-0.4, -0.2) is 16.1 Å². The van der Waals surface area contributed by atoms with Crippen molar-refractivity contribution in [2.45, 2.75) is 96.8 Å². The number of aromatic nitrogens is 1. The third-order valence-electron chi connectivity index (χ3n) is 5.50. The molecule has 2 rings (SSSR count). The Balaban J connectivity index is 1.52. The minimum Gasteiger partial charge on any atom is -0.478 e. The Kier molecular flexibility index (Phi) is 10.0. The molecule has 0 fully saturated rings. The molecule has 3 heteroatoms. The lowest BCUT2D eigenvalue weighted by Gasteiger charge is -2.03. The van der Waals surface area contributed by atoms with Gasteiger partial charge in [0.25, 0.3) is 0 Å².